The molecule has 1 saturated heterocycles. The number of aromatic nitrogens is 4. The number of piperidine rings is 1. The molecule has 134 valence electrons. The van der Waals surface area contributed by atoms with Crippen molar-refractivity contribution in [3.05, 3.63) is 46.5 Å². The van der Waals surface area contributed by atoms with Gasteiger partial charge in [0, 0.05) is 23.7 Å². The van der Waals surface area contributed by atoms with Crippen LogP contribution in [0, 0.1) is 0 Å². The van der Waals surface area contributed by atoms with Crippen LogP contribution in [-0.2, 0) is 0 Å². The molecule has 7 nitrogen and oxygen atoms in total. The molecule has 1 atom stereocenters. The van der Waals surface area contributed by atoms with Crippen molar-refractivity contribution in [2.75, 3.05) is 23.7 Å². The van der Waals surface area contributed by atoms with Crippen molar-refractivity contribution in [2.45, 2.75) is 18.8 Å². The number of halogens is 2. The van der Waals surface area contributed by atoms with E-state index in [2.05, 4.69) is 25.0 Å². The second kappa shape index (κ2) is 7.09. The van der Waals surface area contributed by atoms with E-state index in [9.17, 15) is 0 Å². The summed E-state index contributed by atoms with van der Waals surface area (Å²) >= 11 is 12.2. The average Bonchev–Trinajstić information content (AvgIpc) is 3.15. The van der Waals surface area contributed by atoms with Crippen LogP contribution < -0.4 is 10.6 Å². The maximum absolute atomic E-state index is 6.26. The Morgan fingerprint density at radius 1 is 1.15 bits per heavy atom. The fourth-order valence-corrected chi connectivity index (χ4v) is 3.43. The van der Waals surface area contributed by atoms with Gasteiger partial charge in [-0.1, -0.05) is 28.4 Å². The summed E-state index contributed by atoms with van der Waals surface area (Å²) in [4.78, 5) is 14.8. The second-order valence-electron chi connectivity index (χ2n) is 6.14. The van der Waals surface area contributed by atoms with Crippen molar-refractivity contribution in [1.82, 2.24) is 20.1 Å². The lowest BCUT2D eigenvalue weighted by Gasteiger charge is -2.32. The van der Waals surface area contributed by atoms with Crippen molar-refractivity contribution in [3.8, 4) is 11.4 Å². The smallest absolute Gasteiger partial charge is 0.231 e. The summed E-state index contributed by atoms with van der Waals surface area (Å²) in [6.07, 6.45) is 3.34. The highest BCUT2D eigenvalue weighted by atomic mass is 35.5. The van der Waals surface area contributed by atoms with Gasteiger partial charge in [0.1, 0.15) is 17.2 Å². The van der Waals surface area contributed by atoms with E-state index < -0.39 is 0 Å². The van der Waals surface area contributed by atoms with Crippen LogP contribution in [0.4, 0.5) is 11.6 Å². The van der Waals surface area contributed by atoms with Gasteiger partial charge in [0.05, 0.1) is 5.92 Å². The molecule has 0 radical (unpaired) electrons. The Hall–Kier alpha value is -2.38. The van der Waals surface area contributed by atoms with Gasteiger partial charge in [0.15, 0.2) is 5.82 Å². The highest BCUT2D eigenvalue weighted by molar-refractivity contribution is 6.35. The van der Waals surface area contributed by atoms with Gasteiger partial charge in [-0.25, -0.2) is 9.97 Å². The summed E-state index contributed by atoms with van der Waals surface area (Å²) in [5.74, 6) is 2.18. The van der Waals surface area contributed by atoms with Crippen LogP contribution in [-0.4, -0.2) is 33.2 Å². The Balaban J connectivity index is 1.55. The van der Waals surface area contributed by atoms with Gasteiger partial charge in [-0.15, -0.1) is 0 Å². The lowest BCUT2D eigenvalue weighted by atomic mass is 9.98. The summed E-state index contributed by atoms with van der Waals surface area (Å²) < 4.78 is 5.52. The van der Waals surface area contributed by atoms with E-state index in [0.717, 1.165) is 24.9 Å². The van der Waals surface area contributed by atoms with Crippen LogP contribution in [0.2, 0.25) is 10.0 Å². The molecule has 1 aromatic carbocycles. The number of rotatable bonds is 3. The third kappa shape index (κ3) is 3.32. The highest BCUT2D eigenvalue weighted by Crippen LogP contribution is 2.33. The number of nitrogens with two attached hydrogens (primary N) is 1. The SMILES string of the molecule is Nc1ncnc(N2CCCC(c3nc(-c4ccc(Cl)cc4)no3)C2)c1Cl. The van der Waals surface area contributed by atoms with Crippen LogP contribution in [0.5, 0.6) is 0 Å². The zero-order valence-electron chi connectivity index (χ0n) is 13.8. The molecular weight excluding hydrogens is 375 g/mol. The van der Waals surface area contributed by atoms with Gasteiger partial charge in [-0.2, -0.15) is 4.98 Å². The summed E-state index contributed by atoms with van der Waals surface area (Å²) in [5, 5.41) is 5.14. The van der Waals surface area contributed by atoms with Gasteiger partial charge in [0.25, 0.3) is 0 Å². The van der Waals surface area contributed by atoms with Crippen LogP contribution >= 0.6 is 23.2 Å². The van der Waals surface area contributed by atoms with Crippen LogP contribution in [0.1, 0.15) is 24.7 Å². The summed E-state index contributed by atoms with van der Waals surface area (Å²) in [7, 11) is 0. The number of anilines is 2. The van der Waals surface area contributed by atoms with E-state index in [-0.39, 0.29) is 11.7 Å². The van der Waals surface area contributed by atoms with Crippen molar-refractivity contribution >= 4 is 34.8 Å². The molecular formula is C17H16Cl2N6O. The first-order chi connectivity index (χ1) is 12.6. The van der Waals surface area contributed by atoms with Crippen LogP contribution in [0.25, 0.3) is 11.4 Å². The molecule has 0 amide bonds. The molecule has 3 aromatic rings. The van der Waals surface area contributed by atoms with E-state index in [1.165, 1.54) is 6.33 Å². The first kappa shape index (κ1) is 17.1. The Kier molecular flexibility index (Phi) is 4.65. The molecule has 3 heterocycles. The van der Waals surface area contributed by atoms with Gasteiger partial charge in [-0.3, -0.25) is 0 Å². The first-order valence-corrected chi connectivity index (χ1v) is 8.98. The molecule has 0 spiro atoms. The minimum absolute atomic E-state index is 0.101. The Morgan fingerprint density at radius 2 is 1.96 bits per heavy atom. The normalized spacial score (nSPS) is 17.5. The fraction of sp³-hybridized carbons (Fsp3) is 0.294. The second-order valence-corrected chi connectivity index (χ2v) is 6.96. The minimum Gasteiger partial charge on any atom is -0.382 e. The molecule has 9 heteroatoms. The maximum Gasteiger partial charge on any atom is 0.231 e. The molecule has 2 N–H and O–H groups in total. The number of benzene rings is 1. The Labute approximate surface area is 160 Å². The largest absolute Gasteiger partial charge is 0.382 e. The molecule has 0 aliphatic carbocycles. The van der Waals surface area contributed by atoms with Crippen LogP contribution in [0.15, 0.2) is 35.1 Å². The summed E-state index contributed by atoms with van der Waals surface area (Å²) in [5.41, 5.74) is 6.66. The molecule has 0 bridgehead atoms. The van der Waals surface area contributed by atoms with Gasteiger partial charge in [0.2, 0.25) is 11.7 Å². The topological polar surface area (TPSA) is 94.0 Å². The molecule has 1 fully saturated rings. The number of hydrogen-bond acceptors (Lipinski definition) is 7. The van der Waals surface area contributed by atoms with Crippen molar-refractivity contribution in [1.29, 1.82) is 0 Å². The van der Waals surface area contributed by atoms with E-state index >= 15 is 0 Å². The average molecular weight is 391 g/mol. The van der Waals surface area contributed by atoms with Gasteiger partial charge in [-0.05, 0) is 37.1 Å². The lowest BCUT2D eigenvalue weighted by Crippen LogP contribution is -2.35. The first-order valence-electron chi connectivity index (χ1n) is 8.22. The van der Waals surface area contributed by atoms with Gasteiger partial charge >= 0.3 is 0 Å². The maximum atomic E-state index is 6.26. The quantitative estimate of drug-likeness (QED) is 0.726. The molecule has 4 rings (SSSR count). The molecule has 1 aliphatic heterocycles. The van der Waals surface area contributed by atoms with Crippen molar-refractivity contribution in [3.63, 3.8) is 0 Å². The Bertz CT molecular complexity index is 914. The zero-order valence-corrected chi connectivity index (χ0v) is 15.3. The third-order valence-corrected chi connectivity index (χ3v) is 5.03. The molecule has 1 aliphatic rings. The minimum atomic E-state index is 0.101. The molecule has 2 aromatic heterocycles. The van der Waals surface area contributed by atoms with Crippen molar-refractivity contribution in [2.24, 2.45) is 0 Å². The molecule has 1 unspecified atom stereocenters. The third-order valence-electron chi connectivity index (χ3n) is 4.41. The predicted molar refractivity (Wildman–Crippen MR) is 100 cm³/mol. The zero-order chi connectivity index (χ0) is 18.1. The van der Waals surface area contributed by atoms with E-state index in [1.807, 2.05) is 12.1 Å². The molecule has 0 saturated carbocycles. The molecule has 26 heavy (non-hydrogen) atoms. The van der Waals surface area contributed by atoms with E-state index in [1.54, 1.807) is 12.1 Å². The van der Waals surface area contributed by atoms with Crippen molar-refractivity contribution < 1.29 is 4.52 Å². The summed E-state index contributed by atoms with van der Waals surface area (Å²) in [6, 6.07) is 7.34. The number of nitrogen functional groups attached to an aromatic ring is 1. The monoisotopic (exact) mass is 390 g/mol. The van der Waals surface area contributed by atoms with Gasteiger partial charge < -0.3 is 15.2 Å². The summed E-state index contributed by atoms with van der Waals surface area (Å²) in [6.45, 7) is 1.52. The van der Waals surface area contributed by atoms with E-state index in [0.29, 0.717) is 34.1 Å². The predicted octanol–water partition coefficient (Wildman–Crippen LogP) is 3.80. The standard InChI is InChI=1S/C17H16Cl2N6O/c18-12-5-3-10(4-6-12)15-23-17(26-24-15)11-2-1-7-25(8-11)16-13(19)14(20)21-9-22-16/h3-6,9,11H,1-2,7-8H2,(H2,20,21,22). The van der Waals surface area contributed by atoms with E-state index in [4.69, 9.17) is 33.5 Å². The van der Waals surface area contributed by atoms with Crippen LogP contribution in [0.3, 0.4) is 0 Å². The fourth-order valence-electron chi connectivity index (χ4n) is 3.08. The number of hydrogen-bond donors (Lipinski definition) is 1. The lowest BCUT2D eigenvalue weighted by molar-refractivity contribution is 0.333. The Morgan fingerprint density at radius 3 is 2.77 bits per heavy atom. The number of nitrogens with zero attached hydrogens (tertiary/aromatic N) is 5. The highest BCUT2D eigenvalue weighted by Gasteiger charge is 2.28.